The highest BCUT2D eigenvalue weighted by Crippen LogP contribution is 2.24. The highest BCUT2D eigenvalue weighted by Gasteiger charge is 2.06. The molecule has 0 bridgehead atoms. The molecule has 116 valence electrons. The third-order valence-electron chi connectivity index (χ3n) is 2.97. The summed E-state index contributed by atoms with van der Waals surface area (Å²) in [4.78, 5) is 11.8. The number of carbonyl (C=O) groups excluding carboxylic acids is 1. The van der Waals surface area contributed by atoms with Gasteiger partial charge in [-0.1, -0.05) is 47.5 Å². The number of ether oxygens (including phenoxy) is 1. The van der Waals surface area contributed by atoms with Crippen LogP contribution in [0.1, 0.15) is 11.1 Å². The molecule has 0 atom stereocenters. The molecule has 0 spiro atoms. The Morgan fingerprint density at radius 2 is 1.73 bits per heavy atom. The molecule has 2 N–H and O–H groups in total. The quantitative estimate of drug-likeness (QED) is 0.849. The topological polar surface area (TPSA) is 58.6 Å². The third-order valence-corrected chi connectivity index (χ3v) is 3.41. The summed E-state index contributed by atoms with van der Waals surface area (Å²) in [7, 11) is 0. The van der Waals surface area contributed by atoms with Crippen LogP contribution in [0.25, 0.3) is 0 Å². The van der Waals surface area contributed by atoms with Crippen molar-refractivity contribution in [3.05, 3.63) is 63.6 Å². The summed E-state index contributed by atoms with van der Waals surface area (Å²) in [6, 6.07) is 12.1. The van der Waals surface area contributed by atoms with Crippen LogP contribution in [0.4, 0.5) is 0 Å². The Labute approximate surface area is 138 Å². The van der Waals surface area contributed by atoms with E-state index in [1.807, 2.05) is 24.3 Å². The standard InChI is InChI=1S/C16H15Cl2NO3/c17-13-5-14(18)7-15(6-13)22-10-16(21)19-8-11-3-1-2-4-12(11)9-20/h1-7,20H,8-10H2,(H,19,21). The Morgan fingerprint density at radius 3 is 2.36 bits per heavy atom. The number of amides is 1. The van der Waals surface area contributed by atoms with Gasteiger partial charge in [-0.25, -0.2) is 0 Å². The van der Waals surface area contributed by atoms with Gasteiger partial charge in [0, 0.05) is 16.6 Å². The number of benzene rings is 2. The molecule has 1 amide bonds. The minimum absolute atomic E-state index is 0.0659. The Kier molecular flexibility index (Phi) is 6.07. The van der Waals surface area contributed by atoms with Crippen molar-refractivity contribution < 1.29 is 14.6 Å². The fourth-order valence-corrected chi connectivity index (χ4v) is 2.40. The summed E-state index contributed by atoms with van der Waals surface area (Å²) in [5.41, 5.74) is 1.65. The van der Waals surface area contributed by atoms with Gasteiger partial charge in [-0.15, -0.1) is 0 Å². The molecule has 2 aromatic rings. The average molecular weight is 340 g/mol. The first-order valence-corrected chi connectivity index (χ1v) is 7.37. The summed E-state index contributed by atoms with van der Waals surface area (Å²) >= 11 is 11.7. The van der Waals surface area contributed by atoms with Gasteiger partial charge in [-0.2, -0.15) is 0 Å². The molecule has 0 heterocycles. The number of carbonyl (C=O) groups is 1. The van der Waals surface area contributed by atoms with E-state index >= 15 is 0 Å². The molecule has 22 heavy (non-hydrogen) atoms. The summed E-state index contributed by atoms with van der Waals surface area (Å²) in [5.74, 6) is 0.159. The van der Waals surface area contributed by atoms with Crippen LogP contribution in [0.3, 0.4) is 0 Å². The van der Waals surface area contributed by atoms with Gasteiger partial charge in [0.1, 0.15) is 5.75 Å². The van der Waals surface area contributed by atoms with E-state index in [1.165, 1.54) is 0 Å². The molecule has 4 nitrogen and oxygen atoms in total. The molecule has 0 unspecified atom stereocenters. The first-order valence-electron chi connectivity index (χ1n) is 6.61. The fourth-order valence-electron chi connectivity index (χ4n) is 1.89. The number of aliphatic hydroxyl groups excluding tert-OH is 1. The second kappa shape index (κ2) is 8.03. The minimum Gasteiger partial charge on any atom is -0.484 e. The maximum atomic E-state index is 11.8. The van der Waals surface area contributed by atoms with Gasteiger partial charge in [0.05, 0.1) is 6.61 Å². The average Bonchev–Trinajstić information content (AvgIpc) is 2.50. The molecule has 2 aromatic carbocycles. The normalized spacial score (nSPS) is 10.3. The smallest absolute Gasteiger partial charge is 0.258 e. The lowest BCUT2D eigenvalue weighted by Crippen LogP contribution is -2.28. The van der Waals surface area contributed by atoms with Crippen molar-refractivity contribution in [2.75, 3.05) is 6.61 Å². The van der Waals surface area contributed by atoms with E-state index in [0.717, 1.165) is 11.1 Å². The predicted molar refractivity (Wildman–Crippen MR) is 86.2 cm³/mol. The number of halogens is 2. The molecular weight excluding hydrogens is 325 g/mol. The molecule has 0 aliphatic rings. The Hall–Kier alpha value is -1.75. The van der Waals surface area contributed by atoms with E-state index in [0.29, 0.717) is 22.3 Å². The van der Waals surface area contributed by atoms with Crippen LogP contribution in [0.5, 0.6) is 5.75 Å². The van der Waals surface area contributed by atoms with Crippen LogP contribution >= 0.6 is 23.2 Å². The first-order chi connectivity index (χ1) is 10.6. The van der Waals surface area contributed by atoms with Crippen molar-refractivity contribution in [1.82, 2.24) is 5.32 Å². The Bertz CT molecular complexity index is 641. The minimum atomic E-state index is -0.274. The van der Waals surface area contributed by atoms with E-state index in [1.54, 1.807) is 18.2 Å². The highest BCUT2D eigenvalue weighted by molar-refractivity contribution is 6.34. The molecule has 0 radical (unpaired) electrons. The van der Waals surface area contributed by atoms with E-state index in [-0.39, 0.29) is 19.1 Å². The van der Waals surface area contributed by atoms with Crippen molar-refractivity contribution >= 4 is 29.1 Å². The van der Waals surface area contributed by atoms with Crippen molar-refractivity contribution in [3.8, 4) is 5.75 Å². The zero-order chi connectivity index (χ0) is 15.9. The number of hydrogen-bond donors (Lipinski definition) is 2. The van der Waals surface area contributed by atoms with Crippen molar-refractivity contribution in [2.24, 2.45) is 0 Å². The van der Waals surface area contributed by atoms with Crippen molar-refractivity contribution in [1.29, 1.82) is 0 Å². The van der Waals surface area contributed by atoms with Gasteiger partial charge in [-0.05, 0) is 29.3 Å². The van der Waals surface area contributed by atoms with Crippen LogP contribution in [-0.2, 0) is 17.9 Å². The van der Waals surface area contributed by atoms with E-state index in [9.17, 15) is 9.90 Å². The van der Waals surface area contributed by atoms with Crippen LogP contribution < -0.4 is 10.1 Å². The molecule has 2 rings (SSSR count). The van der Waals surface area contributed by atoms with Gasteiger partial charge in [0.2, 0.25) is 0 Å². The van der Waals surface area contributed by atoms with Crippen LogP contribution in [0.15, 0.2) is 42.5 Å². The van der Waals surface area contributed by atoms with Crippen molar-refractivity contribution in [3.63, 3.8) is 0 Å². The molecule has 0 saturated heterocycles. The molecule has 0 aromatic heterocycles. The zero-order valence-corrected chi connectivity index (χ0v) is 13.2. The molecule has 0 aliphatic heterocycles. The number of rotatable bonds is 6. The summed E-state index contributed by atoms with van der Waals surface area (Å²) in [5, 5.41) is 12.8. The fraction of sp³-hybridized carbons (Fsp3) is 0.188. The summed E-state index contributed by atoms with van der Waals surface area (Å²) < 4.78 is 5.34. The van der Waals surface area contributed by atoms with Crippen LogP contribution in [-0.4, -0.2) is 17.6 Å². The third kappa shape index (κ3) is 4.91. The summed E-state index contributed by atoms with van der Waals surface area (Å²) in [6.07, 6.45) is 0. The van der Waals surface area contributed by atoms with E-state index in [2.05, 4.69) is 5.32 Å². The second-order valence-electron chi connectivity index (χ2n) is 4.60. The molecule has 6 heteroatoms. The van der Waals surface area contributed by atoms with Gasteiger partial charge in [0.25, 0.3) is 5.91 Å². The van der Waals surface area contributed by atoms with Gasteiger partial charge in [0.15, 0.2) is 6.61 Å². The van der Waals surface area contributed by atoms with Gasteiger partial charge < -0.3 is 15.2 Å². The largest absolute Gasteiger partial charge is 0.484 e. The van der Waals surface area contributed by atoms with E-state index < -0.39 is 0 Å². The second-order valence-corrected chi connectivity index (χ2v) is 5.47. The van der Waals surface area contributed by atoms with Crippen LogP contribution in [0.2, 0.25) is 10.0 Å². The predicted octanol–water partition coefficient (Wildman–Crippen LogP) is 3.18. The Morgan fingerprint density at radius 1 is 1.09 bits per heavy atom. The number of nitrogens with one attached hydrogen (secondary N) is 1. The van der Waals surface area contributed by atoms with Crippen molar-refractivity contribution in [2.45, 2.75) is 13.2 Å². The lowest BCUT2D eigenvalue weighted by molar-refractivity contribution is -0.123. The lowest BCUT2D eigenvalue weighted by Gasteiger charge is -2.10. The monoisotopic (exact) mass is 339 g/mol. The Balaban J connectivity index is 1.85. The maximum absolute atomic E-state index is 11.8. The zero-order valence-electron chi connectivity index (χ0n) is 11.7. The van der Waals surface area contributed by atoms with Gasteiger partial charge >= 0.3 is 0 Å². The summed E-state index contributed by atoms with van der Waals surface area (Å²) in [6.45, 7) is 0.122. The first kappa shape index (κ1) is 16.6. The maximum Gasteiger partial charge on any atom is 0.258 e. The SMILES string of the molecule is O=C(COc1cc(Cl)cc(Cl)c1)NCc1ccccc1CO. The van der Waals surface area contributed by atoms with Crippen LogP contribution in [0, 0.1) is 0 Å². The molecule has 0 saturated carbocycles. The lowest BCUT2D eigenvalue weighted by atomic mass is 10.1. The molecular formula is C16H15Cl2NO3. The highest BCUT2D eigenvalue weighted by atomic mass is 35.5. The number of aliphatic hydroxyl groups is 1. The van der Waals surface area contributed by atoms with E-state index in [4.69, 9.17) is 27.9 Å². The molecule has 0 fully saturated rings. The number of hydrogen-bond acceptors (Lipinski definition) is 3. The molecule has 0 aliphatic carbocycles. The van der Waals surface area contributed by atoms with Gasteiger partial charge in [-0.3, -0.25) is 4.79 Å².